The molecule has 9 heteroatoms. The number of esters is 1. The molecule has 1 aliphatic rings. The Morgan fingerprint density at radius 3 is 2.54 bits per heavy atom. The van der Waals surface area contributed by atoms with Crippen molar-refractivity contribution >= 4 is 23.4 Å². The highest BCUT2D eigenvalue weighted by Crippen LogP contribution is 2.36. The Hall–Kier alpha value is -3.85. The van der Waals surface area contributed by atoms with Crippen molar-refractivity contribution in [3.8, 4) is 17.2 Å². The quantitative estimate of drug-likeness (QED) is 0.276. The Morgan fingerprint density at radius 2 is 1.87 bits per heavy atom. The minimum atomic E-state index is -0.738. The van der Waals surface area contributed by atoms with E-state index >= 15 is 0 Å². The number of fused-ring (bicyclic) bond motifs is 1. The lowest BCUT2D eigenvalue weighted by atomic mass is 9.95. The normalized spacial score (nSPS) is 15.0. The number of carbonyl (C=O) groups excluding carboxylic acids is 1. The minimum absolute atomic E-state index is 0.205. The van der Waals surface area contributed by atoms with Gasteiger partial charge in [0.15, 0.2) is 16.3 Å². The van der Waals surface area contributed by atoms with Gasteiger partial charge < -0.3 is 18.9 Å². The summed E-state index contributed by atoms with van der Waals surface area (Å²) in [6.07, 6.45) is 3.78. The van der Waals surface area contributed by atoms with Crippen LogP contribution in [0.3, 0.4) is 0 Å². The van der Waals surface area contributed by atoms with E-state index in [0.29, 0.717) is 44.3 Å². The lowest BCUT2D eigenvalue weighted by molar-refractivity contribution is -0.139. The number of nitrogens with zero attached hydrogens (tertiary/aromatic N) is 2. The molecular formula is C30H34N2O6S. The number of benzene rings is 2. The topological polar surface area (TPSA) is 88.4 Å². The molecule has 4 rings (SSSR count). The van der Waals surface area contributed by atoms with Crippen LogP contribution < -0.4 is 29.1 Å². The molecule has 0 fully saturated rings. The van der Waals surface area contributed by atoms with Crippen LogP contribution in [0.4, 0.5) is 0 Å². The molecule has 3 aromatic rings. The number of thiazole rings is 1. The number of rotatable bonds is 10. The van der Waals surface area contributed by atoms with E-state index in [-0.39, 0.29) is 12.2 Å². The third-order valence-corrected chi connectivity index (χ3v) is 7.52. The molecule has 0 unspecified atom stereocenters. The predicted octanol–water partition coefficient (Wildman–Crippen LogP) is 4.30. The summed E-state index contributed by atoms with van der Waals surface area (Å²) in [7, 11) is 3.19. The molecule has 0 radical (unpaired) electrons. The van der Waals surface area contributed by atoms with Crippen molar-refractivity contribution in [1.82, 2.24) is 4.57 Å². The van der Waals surface area contributed by atoms with Gasteiger partial charge in [0.2, 0.25) is 0 Å². The van der Waals surface area contributed by atoms with Gasteiger partial charge in [0, 0.05) is 0 Å². The summed E-state index contributed by atoms with van der Waals surface area (Å²) in [4.78, 5) is 32.2. The highest BCUT2D eigenvalue weighted by Gasteiger charge is 2.34. The molecule has 0 amide bonds. The van der Waals surface area contributed by atoms with Gasteiger partial charge in [0.1, 0.15) is 5.75 Å². The first-order valence-electron chi connectivity index (χ1n) is 13.0. The van der Waals surface area contributed by atoms with Crippen molar-refractivity contribution < 1.29 is 23.7 Å². The molecule has 0 bridgehead atoms. The molecule has 8 nitrogen and oxygen atoms in total. The maximum absolute atomic E-state index is 13.9. The van der Waals surface area contributed by atoms with Crippen LogP contribution in [-0.4, -0.2) is 38.0 Å². The minimum Gasteiger partial charge on any atom is -0.497 e. The van der Waals surface area contributed by atoms with Crippen molar-refractivity contribution in [2.45, 2.75) is 46.6 Å². The van der Waals surface area contributed by atoms with Crippen LogP contribution in [0.1, 0.15) is 56.3 Å². The first-order valence-corrected chi connectivity index (χ1v) is 13.8. The molecule has 0 saturated heterocycles. The highest BCUT2D eigenvalue weighted by molar-refractivity contribution is 7.07. The largest absolute Gasteiger partial charge is 0.497 e. The fourth-order valence-electron chi connectivity index (χ4n) is 4.49. The number of aromatic nitrogens is 1. The zero-order valence-corrected chi connectivity index (χ0v) is 24.0. The van der Waals surface area contributed by atoms with Crippen LogP contribution in [0.5, 0.6) is 17.2 Å². The van der Waals surface area contributed by atoms with Crippen molar-refractivity contribution in [3.05, 3.63) is 84.0 Å². The Morgan fingerprint density at radius 1 is 1.08 bits per heavy atom. The molecule has 0 N–H and O–H groups in total. The summed E-state index contributed by atoms with van der Waals surface area (Å²) >= 11 is 1.29. The maximum atomic E-state index is 13.9. The van der Waals surface area contributed by atoms with Crippen LogP contribution >= 0.6 is 11.3 Å². The number of hydrogen-bond donors (Lipinski definition) is 0. The van der Waals surface area contributed by atoms with Crippen LogP contribution in [0, 0.1) is 6.92 Å². The third-order valence-electron chi connectivity index (χ3n) is 6.54. The van der Waals surface area contributed by atoms with Crippen molar-refractivity contribution in [1.29, 1.82) is 0 Å². The average molecular weight is 551 g/mol. The number of aryl methyl sites for hydroxylation is 1. The summed E-state index contributed by atoms with van der Waals surface area (Å²) in [6.45, 7) is 8.36. The summed E-state index contributed by atoms with van der Waals surface area (Å²) in [5.41, 5.74) is 3.15. The molecule has 0 spiro atoms. The van der Waals surface area contributed by atoms with Gasteiger partial charge in [-0.2, -0.15) is 0 Å². The smallest absolute Gasteiger partial charge is 0.338 e. The second-order valence-corrected chi connectivity index (χ2v) is 10.1. The van der Waals surface area contributed by atoms with E-state index in [0.717, 1.165) is 29.7 Å². The lowest BCUT2D eigenvalue weighted by Crippen LogP contribution is -2.40. The molecule has 39 heavy (non-hydrogen) atoms. The summed E-state index contributed by atoms with van der Waals surface area (Å²) < 4.78 is 24.3. The fraction of sp³-hybridized carbons (Fsp3) is 0.367. The standard InChI is InChI=1S/C30H34N2O6S/c1-7-9-14-38-23-13-11-21(16-24(23)36-6)27-26(29(34)37-8-2)19(4)31-30-32(27)28(33)25(39-30)17-20-10-12-22(35-5)15-18(20)3/h10-13,15-17,27H,7-9,14H2,1-6H3/t27-/m1/s1. The van der Waals surface area contributed by atoms with E-state index in [1.54, 1.807) is 32.6 Å². The Balaban J connectivity index is 1.89. The Kier molecular flexibility index (Phi) is 8.91. The molecule has 1 aromatic heterocycles. The van der Waals surface area contributed by atoms with E-state index in [1.807, 2.05) is 49.4 Å². The summed E-state index contributed by atoms with van der Waals surface area (Å²) in [5.74, 6) is 1.37. The van der Waals surface area contributed by atoms with Gasteiger partial charge in [-0.05, 0) is 74.2 Å². The molecule has 2 heterocycles. The number of allylic oxidation sites excluding steroid dienone is 1. The van der Waals surface area contributed by atoms with Crippen LogP contribution in [0.15, 0.2) is 57.5 Å². The van der Waals surface area contributed by atoms with E-state index in [4.69, 9.17) is 18.9 Å². The van der Waals surface area contributed by atoms with Crippen molar-refractivity contribution in [2.75, 3.05) is 27.4 Å². The summed E-state index contributed by atoms with van der Waals surface area (Å²) in [6, 6.07) is 10.5. The first-order chi connectivity index (χ1) is 18.8. The molecule has 206 valence electrons. The van der Waals surface area contributed by atoms with Gasteiger partial charge in [-0.1, -0.05) is 36.8 Å². The molecule has 0 aliphatic carbocycles. The molecular weight excluding hydrogens is 516 g/mol. The van der Waals surface area contributed by atoms with Gasteiger partial charge in [-0.3, -0.25) is 9.36 Å². The Bertz CT molecular complexity index is 1580. The maximum Gasteiger partial charge on any atom is 0.338 e. The Labute approximate surface area is 231 Å². The first kappa shape index (κ1) is 28.2. The predicted molar refractivity (Wildman–Crippen MR) is 152 cm³/mol. The van der Waals surface area contributed by atoms with Gasteiger partial charge in [-0.15, -0.1) is 0 Å². The van der Waals surface area contributed by atoms with Gasteiger partial charge in [-0.25, -0.2) is 9.79 Å². The van der Waals surface area contributed by atoms with E-state index in [1.165, 1.54) is 11.3 Å². The van der Waals surface area contributed by atoms with Crippen LogP contribution in [-0.2, 0) is 9.53 Å². The summed E-state index contributed by atoms with van der Waals surface area (Å²) in [5, 5.41) is 0. The number of unbranched alkanes of at least 4 members (excludes halogenated alkanes) is 1. The second kappa shape index (κ2) is 12.3. The van der Waals surface area contributed by atoms with Gasteiger partial charge in [0.05, 0.1) is 49.3 Å². The zero-order valence-electron chi connectivity index (χ0n) is 23.2. The van der Waals surface area contributed by atoms with Crippen LogP contribution in [0.25, 0.3) is 6.08 Å². The molecule has 2 aromatic carbocycles. The highest BCUT2D eigenvalue weighted by atomic mass is 32.1. The monoisotopic (exact) mass is 550 g/mol. The molecule has 1 aliphatic heterocycles. The molecule has 1 atom stereocenters. The van der Waals surface area contributed by atoms with E-state index in [2.05, 4.69) is 11.9 Å². The van der Waals surface area contributed by atoms with Gasteiger partial charge >= 0.3 is 5.97 Å². The SMILES string of the molecule is CCCCOc1ccc([C@@H]2C(C(=O)OCC)=C(C)N=c3sc(=Cc4ccc(OC)cc4C)c(=O)n32)cc1OC. The lowest BCUT2D eigenvalue weighted by Gasteiger charge is -2.25. The van der Waals surface area contributed by atoms with E-state index in [9.17, 15) is 9.59 Å². The zero-order chi connectivity index (χ0) is 28.1. The number of ether oxygens (including phenoxy) is 4. The van der Waals surface area contributed by atoms with E-state index < -0.39 is 12.0 Å². The molecule has 0 saturated carbocycles. The second-order valence-electron chi connectivity index (χ2n) is 9.14. The third kappa shape index (κ3) is 5.78. The van der Waals surface area contributed by atoms with Crippen molar-refractivity contribution in [3.63, 3.8) is 0 Å². The number of carbonyl (C=O) groups is 1. The average Bonchev–Trinajstić information content (AvgIpc) is 3.23. The number of hydrogen-bond acceptors (Lipinski definition) is 8. The van der Waals surface area contributed by atoms with Crippen molar-refractivity contribution in [2.24, 2.45) is 4.99 Å². The number of methoxy groups -OCH3 is 2. The van der Waals surface area contributed by atoms with Gasteiger partial charge in [0.25, 0.3) is 5.56 Å². The van der Waals surface area contributed by atoms with Crippen LogP contribution in [0.2, 0.25) is 0 Å². The fourth-order valence-corrected chi connectivity index (χ4v) is 5.52.